The van der Waals surface area contributed by atoms with E-state index in [0.29, 0.717) is 28.1 Å². The molecule has 3 aromatic rings. The van der Waals surface area contributed by atoms with Crippen molar-refractivity contribution in [3.63, 3.8) is 0 Å². The van der Waals surface area contributed by atoms with Crippen LogP contribution in [0.5, 0.6) is 0 Å². The number of benzene rings is 2. The van der Waals surface area contributed by atoms with Gasteiger partial charge in [0, 0.05) is 16.3 Å². The normalized spacial score (nSPS) is 15.0. The first-order chi connectivity index (χ1) is 13.5. The molecule has 1 fully saturated rings. The molecule has 146 valence electrons. The molecule has 0 atom stereocenters. The largest absolute Gasteiger partial charge is 0.439 e. The summed E-state index contributed by atoms with van der Waals surface area (Å²) >= 11 is 6.01. The highest BCUT2D eigenvalue weighted by molar-refractivity contribution is 7.92. The van der Waals surface area contributed by atoms with Gasteiger partial charge in [0.1, 0.15) is 0 Å². The Bertz CT molecular complexity index is 1060. The van der Waals surface area contributed by atoms with Gasteiger partial charge in [-0.2, -0.15) is 0 Å². The Kier molecular flexibility index (Phi) is 5.42. The van der Waals surface area contributed by atoms with E-state index in [1.54, 1.807) is 36.5 Å². The lowest BCUT2D eigenvalue weighted by molar-refractivity contribution is 0.516. The molecule has 1 saturated carbocycles. The predicted molar refractivity (Wildman–Crippen MR) is 110 cm³/mol. The minimum Gasteiger partial charge on any atom is -0.439 e. The highest BCUT2D eigenvalue weighted by atomic mass is 35.5. The van der Waals surface area contributed by atoms with Gasteiger partial charge in [0.05, 0.1) is 22.9 Å². The van der Waals surface area contributed by atoms with E-state index in [1.807, 2.05) is 18.2 Å². The lowest BCUT2D eigenvalue weighted by atomic mass is 10.2. The minimum atomic E-state index is -3.22. The molecule has 2 aromatic carbocycles. The second-order valence-corrected chi connectivity index (χ2v) is 9.62. The molecular formula is C21H21ClN2O3S. The number of anilines is 1. The SMILES string of the molecule is O=S(=O)(c1ccc(NCc2ncc(-c3cccc(Cl)c3)o2)cc1)C1CCCC1. The van der Waals surface area contributed by atoms with Gasteiger partial charge < -0.3 is 9.73 Å². The zero-order valence-electron chi connectivity index (χ0n) is 15.3. The van der Waals surface area contributed by atoms with E-state index in [9.17, 15) is 8.42 Å². The van der Waals surface area contributed by atoms with Crippen molar-refractivity contribution in [2.24, 2.45) is 0 Å². The van der Waals surface area contributed by atoms with Gasteiger partial charge in [-0.3, -0.25) is 0 Å². The quantitative estimate of drug-likeness (QED) is 0.588. The summed E-state index contributed by atoms with van der Waals surface area (Å²) in [5, 5.41) is 3.62. The number of sulfone groups is 1. The fraction of sp³-hybridized carbons (Fsp3) is 0.286. The van der Waals surface area contributed by atoms with Gasteiger partial charge in [-0.05, 0) is 49.2 Å². The van der Waals surface area contributed by atoms with Crippen molar-refractivity contribution < 1.29 is 12.8 Å². The van der Waals surface area contributed by atoms with Crippen LogP contribution in [0, 0.1) is 0 Å². The van der Waals surface area contributed by atoms with E-state index in [2.05, 4.69) is 10.3 Å². The summed E-state index contributed by atoms with van der Waals surface area (Å²) in [5.74, 6) is 1.19. The number of nitrogens with one attached hydrogen (secondary N) is 1. The van der Waals surface area contributed by atoms with Crippen LogP contribution < -0.4 is 5.32 Å². The molecule has 0 bridgehead atoms. The van der Waals surface area contributed by atoms with Crippen molar-refractivity contribution in [2.75, 3.05) is 5.32 Å². The van der Waals surface area contributed by atoms with Gasteiger partial charge in [0.15, 0.2) is 15.6 Å². The lowest BCUT2D eigenvalue weighted by Crippen LogP contribution is -2.17. The second-order valence-electron chi connectivity index (χ2n) is 6.96. The maximum Gasteiger partial charge on any atom is 0.214 e. The molecule has 0 radical (unpaired) electrons. The highest BCUT2D eigenvalue weighted by Crippen LogP contribution is 2.30. The average Bonchev–Trinajstić information content (AvgIpc) is 3.39. The van der Waals surface area contributed by atoms with Crippen LogP contribution in [0.2, 0.25) is 5.02 Å². The van der Waals surface area contributed by atoms with E-state index in [1.165, 1.54) is 0 Å². The smallest absolute Gasteiger partial charge is 0.214 e. The molecule has 1 aliphatic carbocycles. The third kappa shape index (κ3) is 4.08. The van der Waals surface area contributed by atoms with Crippen molar-refractivity contribution in [1.82, 2.24) is 4.98 Å². The molecule has 0 unspecified atom stereocenters. The Morgan fingerprint density at radius 1 is 1.11 bits per heavy atom. The number of hydrogen-bond donors (Lipinski definition) is 1. The van der Waals surface area contributed by atoms with E-state index in [-0.39, 0.29) is 5.25 Å². The average molecular weight is 417 g/mol. The van der Waals surface area contributed by atoms with Gasteiger partial charge in [0.2, 0.25) is 5.89 Å². The minimum absolute atomic E-state index is 0.233. The van der Waals surface area contributed by atoms with Crippen molar-refractivity contribution in [3.8, 4) is 11.3 Å². The van der Waals surface area contributed by atoms with Crippen molar-refractivity contribution in [2.45, 2.75) is 42.4 Å². The van der Waals surface area contributed by atoms with E-state index in [4.69, 9.17) is 16.0 Å². The van der Waals surface area contributed by atoms with Crippen LogP contribution in [-0.4, -0.2) is 18.7 Å². The highest BCUT2D eigenvalue weighted by Gasteiger charge is 2.30. The van der Waals surface area contributed by atoms with Crippen LogP contribution in [0.4, 0.5) is 5.69 Å². The molecule has 5 nitrogen and oxygen atoms in total. The lowest BCUT2D eigenvalue weighted by Gasteiger charge is -2.12. The van der Waals surface area contributed by atoms with Crippen LogP contribution in [0.1, 0.15) is 31.6 Å². The molecule has 28 heavy (non-hydrogen) atoms. The maximum absolute atomic E-state index is 12.6. The number of nitrogens with zero attached hydrogens (tertiary/aromatic N) is 1. The molecule has 1 heterocycles. The molecule has 0 aliphatic heterocycles. The van der Waals surface area contributed by atoms with E-state index in [0.717, 1.165) is 36.9 Å². The second kappa shape index (κ2) is 7.97. The van der Waals surface area contributed by atoms with Crippen LogP contribution in [0.3, 0.4) is 0 Å². The Balaban J connectivity index is 1.40. The number of oxazole rings is 1. The van der Waals surface area contributed by atoms with Crippen LogP contribution >= 0.6 is 11.6 Å². The predicted octanol–water partition coefficient (Wildman–Crippen LogP) is 5.32. The Hall–Kier alpha value is -2.31. The molecule has 1 aromatic heterocycles. The number of rotatable bonds is 6. The molecule has 0 amide bonds. The first kappa shape index (κ1) is 19.0. The van der Waals surface area contributed by atoms with Crippen LogP contribution in [-0.2, 0) is 16.4 Å². The monoisotopic (exact) mass is 416 g/mol. The molecule has 1 N–H and O–H groups in total. The van der Waals surface area contributed by atoms with Crippen LogP contribution in [0.25, 0.3) is 11.3 Å². The van der Waals surface area contributed by atoms with Gasteiger partial charge in [0.25, 0.3) is 0 Å². The first-order valence-corrected chi connectivity index (χ1v) is 11.2. The fourth-order valence-corrected chi connectivity index (χ4v) is 5.54. The number of halogens is 1. The summed E-state index contributed by atoms with van der Waals surface area (Å²) < 4.78 is 31.0. The standard InChI is InChI=1S/C21H21ClN2O3S/c22-16-5-3-4-15(12-16)20-13-24-21(27-20)14-23-17-8-10-19(11-9-17)28(25,26)18-6-1-2-7-18/h3-5,8-13,18,23H,1-2,6-7,14H2. The Labute approximate surface area is 169 Å². The zero-order chi connectivity index (χ0) is 19.6. The summed E-state index contributed by atoms with van der Waals surface area (Å²) in [5.41, 5.74) is 1.68. The van der Waals surface area contributed by atoms with Crippen molar-refractivity contribution in [3.05, 3.63) is 65.6 Å². The fourth-order valence-electron chi connectivity index (χ4n) is 3.50. The third-order valence-corrected chi connectivity index (χ3v) is 7.54. The Morgan fingerprint density at radius 2 is 1.86 bits per heavy atom. The summed E-state index contributed by atoms with van der Waals surface area (Å²) in [6, 6.07) is 14.3. The number of aromatic nitrogens is 1. The molecular weight excluding hydrogens is 396 g/mol. The van der Waals surface area contributed by atoms with Gasteiger partial charge in [-0.1, -0.05) is 36.6 Å². The summed E-state index contributed by atoms with van der Waals surface area (Å²) in [6.07, 6.45) is 5.19. The molecule has 0 spiro atoms. The van der Waals surface area contributed by atoms with Crippen molar-refractivity contribution >= 4 is 27.1 Å². The first-order valence-electron chi connectivity index (χ1n) is 9.31. The molecule has 1 aliphatic rings. The van der Waals surface area contributed by atoms with Gasteiger partial charge in [-0.25, -0.2) is 13.4 Å². The van der Waals surface area contributed by atoms with Gasteiger partial charge >= 0.3 is 0 Å². The topological polar surface area (TPSA) is 72.2 Å². The van der Waals surface area contributed by atoms with Crippen LogP contribution in [0.15, 0.2) is 64.0 Å². The summed E-state index contributed by atoms with van der Waals surface area (Å²) in [4.78, 5) is 4.67. The maximum atomic E-state index is 12.6. The molecule has 7 heteroatoms. The number of hydrogen-bond acceptors (Lipinski definition) is 5. The van der Waals surface area contributed by atoms with E-state index < -0.39 is 9.84 Å². The molecule has 0 saturated heterocycles. The van der Waals surface area contributed by atoms with E-state index >= 15 is 0 Å². The third-order valence-electron chi connectivity index (χ3n) is 5.03. The summed E-state index contributed by atoms with van der Waals surface area (Å²) in [7, 11) is -3.22. The molecule has 4 rings (SSSR count). The summed E-state index contributed by atoms with van der Waals surface area (Å²) in [6.45, 7) is 0.398. The van der Waals surface area contributed by atoms with Crippen molar-refractivity contribution in [1.29, 1.82) is 0 Å². The van der Waals surface area contributed by atoms with Gasteiger partial charge in [-0.15, -0.1) is 0 Å². The zero-order valence-corrected chi connectivity index (χ0v) is 16.8. The Morgan fingerprint density at radius 3 is 2.57 bits per heavy atom.